The fourth-order valence-corrected chi connectivity index (χ4v) is 3.37. The normalized spacial score (nSPS) is 13.2. The van der Waals surface area contributed by atoms with Crippen molar-refractivity contribution >= 4 is 29.3 Å². The zero-order valence-electron chi connectivity index (χ0n) is 14.1. The van der Waals surface area contributed by atoms with Crippen LogP contribution in [0.4, 0.5) is 11.4 Å². The van der Waals surface area contributed by atoms with Gasteiger partial charge in [-0.05, 0) is 41.8 Å². The summed E-state index contributed by atoms with van der Waals surface area (Å²) >= 11 is 1.46. The molecule has 1 aliphatic rings. The van der Waals surface area contributed by atoms with Crippen molar-refractivity contribution in [1.82, 2.24) is 9.78 Å². The predicted octanol–water partition coefficient (Wildman–Crippen LogP) is 4.90. The fourth-order valence-electron chi connectivity index (χ4n) is 2.70. The van der Waals surface area contributed by atoms with E-state index in [1.165, 1.54) is 17.5 Å². The molecule has 5 nitrogen and oxygen atoms in total. The van der Waals surface area contributed by atoms with Crippen molar-refractivity contribution in [1.29, 1.82) is 0 Å². The second-order valence-electron chi connectivity index (χ2n) is 6.16. The highest BCUT2D eigenvalue weighted by molar-refractivity contribution is 7.98. The molecule has 1 aromatic heterocycles. The van der Waals surface area contributed by atoms with Gasteiger partial charge in [0.1, 0.15) is 0 Å². The van der Waals surface area contributed by atoms with Gasteiger partial charge in [-0.25, -0.2) is 4.68 Å². The molecule has 1 aliphatic heterocycles. The maximum absolute atomic E-state index is 4.53. The second kappa shape index (κ2) is 6.64. The lowest BCUT2D eigenvalue weighted by molar-refractivity contribution is 0.867. The minimum absolute atomic E-state index is 0.526. The molecule has 0 atom stereocenters. The first-order valence-electron chi connectivity index (χ1n) is 8.23. The quantitative estimate of drug-likeness (QED) is 0.661. The molecular weight excluding hydrogens is 330 g/mol. The first kappa shape index (κ1) is 15.8. The van der Waals surface area contributed by atoms with Gasteiger partial charge in [-0.3, -0.25) is 0 Å². The summed E-state index contributed by atoms with van der Waals surface area (Å²) < 4.78 is 6.38. The third-order valence-electron chi connectivity index (χ3n) is 4.07. The summed E-state index contributed by atoms with van der Waals surface area (Å²) in [6.07, 6.45) is 3.71. The summed E-state index contributed by atoms with van der Waals surface area (Å²) in [5, 5.41) is 11.1. The molecule has 6 heteroatoms. The number of guanidine groups is 1. The Labute approximate surface area is 151 Å². The van der Waals surface area contributed by atoms with Crippen molar-refractivity contribution < 1.29 is 0 Å². The third-order valence-corrected chi connectivity index (χ3v) is 4.88. The molecule has 25 heavy (non-hydrogen) atoms. The van der Waals surface area contributed by atoms with Crippen molar-refractivity contribution in [3.05, 3.63) is 66.5 Å². The van der Waals surface area contributed by atoms with Gasteiger partial charge in [0.25, 0.3) is 0 Å². The highest BCUT2D eigenvalue weighted by atomic mass is 32.2. The monoisotopic (exact) mass is 349 g/mol. The van der Waals surface area contributed by atoms with Gasteiger partial charge in [-0.1, -0.05) is 32.0 Å². The summed E-state index contributed by atoms with van der Waals surface area (Å²) in [5.74, 6) is 1.24. The van der Waals surface area contributed by atoms with Crippen LogP contribution in [0.25, 0.3) is 5.69 Å². The number of hydrogen-bond acceptors (Lipinski definition) is 5. The molecular formula is C19H19N5S. The van der Waals surface area contributed by atoms with Crippen LogP contribution in [0.5, 0.6) is 0 Å². The lowest BCUT2D eigenvalue weighted by atomic mass is 10.0. The van der Waals surface area contributed by atoms with Crippen LogP contribution in [0.15, 0.2) is 70.2 Å². The summed E-state index contributed by atoms with van der Waals surface area (Å²) in [6.45, 7) is 4.39. The zero-order chi connectivity index (χ0) is 17.2. The van der Waals surface area contributed by atoms with E-state index in [9.17, 15) is 0 Å². The lowest BCUT2D eigenvalue weighted by Crippen LogP contribution is -2.24. The van der Waals surface area contributed by atoms with Gasteiger partial charge in [-0.15, -0.1) is 0 Å². The van der Waals surface area contributed by atoms with Crippen molar-refractivity contribution in [3.8, 4) is 5.69 Å². The Balaban J connectivity index is 1.57. The Bertz CT molecular complexity index is 898. The predicted molar refractivity (Wildman–Crippen MR) is 105 cm³/mol. The molecule has 2 aromatic carbocycles. The van der Waals surface area contributed by atoms with Crippen LogP contribution < -0.4 is 10.6 Å². The number of rotatable bonds is 3. The van der Waals surface area contributed by atoms with E-state index in [-0.39, 0.29) is 0 Å². The first-order valence-corrected chi connectivity index (χ1v) is 9.00. The number of hydrogen-bond donors (Lipinski definition) is 2. The number of fused-ring (bicyclic) bond motifs is 1. The van der Waals surface area contributed by atoms with Gasteiger partial charge >= 0.3 is 0 Å². The van der Waals surface area contributed by atoms with E-state index < -0.39 is 0 Å². The third kappa shape index (κ3) is 3.25. The Morgan fingerprint density at radius 2 is 1.92 bits per heavy atom. The van der Waals surface area contributed by atoms with Crippen LogP contribution in [0, 0.1) is 0 Å². The Kier molecular flexibility index (Phi) is 4.19. The highest BCUT2D eigenvalue weighted by Crippen LogP contribution is 2.36. The molecule has 0 saturated carbocycles. The Morgan fingerprint density at radius 1 is 1.08 bits per heavy atom. The molecule has 0 spiro atoms. The van der Waals surface area contributed by atoms with Gasteiger partial charge in [0.05, 0.1) is 16.3 Å². The van der Waals surface area contributed by atoms with Gasteiger partial charge in [0.2, 0.25) is 5.96 Å². The van der Waals surface area contributed by atoms with Crippen molar-refractivity contribution in [3.63, 3.8) is 0 Å². The Hall–Kier alpha value is -2.73. The van der Waals surface area contributed by atoms with Gasteiger partial charge in [-0.2, -0.15) is 9.50 Å². The topological polar surface area (TPSA) is 54.2 Å². The van der Waals surface area contributed by atoms with Crippen LogP contribution in [0.2, 0.25) is 0 Å². The van der Waals surface area contributed by atoms with Crippen molar-refractivity contribution in [2.24, 2.45) is 4.40 Å². The van der Waals surface area contributed by atoms with Gasteiger partial charge < -0.3 is 10.6 Å². The molecule has 0 saturated heterocycles. The van der Waals surface area contributed by atoms with Crippen molar-refractivity contribution in [2.45, 2.75) is 24.7 Å². The summed E-state index contributed by atoms with van der Waals surface area (Å²) in [5.41, 5.74) is 4.34. The molecule has 0 radical (unpaired) electrons. The zero-order valence-corrected chi connectivity index (χ0v) is 14.9. The van der Waals surface area contributed by atoms with Crippen LogP contribution in [0.3, 0.4) is 0 Å². The second-order valence-corrected chi connectivity index (χ2v) is 6.96. The molecule has 0 amide bonds. The molecule has 0 bridgehead atoms. The SMILES string of the molecule is CC(C)c1ccc(NC2=NSc3cccc(-n4cccn4)c3N2)cc1. The average molecular weight is 349 g/mol. The minimum Gasteiger partial charge on any atom is -0.325 e. The van der Waals surface area contributed by atoms with E-state index >= 15 is 0 Å². The van der Waals surface area contributed by atoms with Crippen LogP contribution in [0.1, 0.15) is 25.3 Å². The molecule has 2 heterocycles. The lowest BCUT2D eigenvalue weighted by Gasteiger charge is -2.21. The van der Waals surface area contributed by atoms with E-state index in [0.29, 0.717) is 5.92 Å². The van der Waals surface area contributed by atoms with Crippen molar-refractivity contribution in [2.75, 3.05) is 10.6 Å². The van der Waals surface area contributed by atoms with Gasteiger partial charge in [0.15, 0.2) is 0 Å². The molecule has 0 aliphatic carbocycles. The molecule has 2 N–H and O–H groups in total. The first-order chi connectivity index (χ1) is 12.2. The molecule has 4 rings (SSSR count). The smallest absolute Gasteiger partial charge is 0.212 e. The van der Waals surface area contributed by atoms with E-state index in [1.807, 2.05) is 29.1 Å². The number of benzene rings is 2. The van der Waals surface area contributed by atoms with E-state index in [1.54, 1.807) is 6.20 Å². The number of nitrogens with one attached hydrogen (secondary N) is 2. The van der Waals surface area contributed by atoms with E-state index in [0.717, 1.165) is 27.9 Å². The summed E-state index contributed by atoms with van der Waals surface area (Å²) in [4.78, 5) is 1.08. The maximum Gasteiger partial charge on any atom is 0.212 e. The largest absolute Gasteiger partial charge is 0.325 e. The van der Waals surface area contributed by atoms with Crippen LogP contribution >= 0.6 is 11.9 Å². The number of nitrogens with zero attached hydrogens (tertiary/aromatic N) is 3. The molecule has 3 aromatic rings. The van der Waals surface area contributed by atoms with E-state index in [4.69, 9.17) is 0 Å². The number of aromatic nitrogens is 2. The maximum atomic E-state index is 4.53. The van der Waals surface area contributed by atoms with E-state index in [2.05, 4.69) is 64.3 Å². The molecule has 0 unspecified atom stereocenters. The van der Waals surface area contributed by atoms with Crippen LogP contribution in [-0.2, 0) is 0 Å². The average Bonchev–Trinajstić information content (AvgIpc) is 3.16. The highest BCUT2D eigenvalue weighted by Gasteiger charge is 2.17. The summed E-state index contributed by atoms with van der Waals surface area (Å²) in [6, 6.07) is 16.5. The van der Waals surface area contributed by atoms with Crippen LogP contribution in [-0.4, -0.2) is 15.7 Å². The minimum atomic E-state index is 0.526. The van der Waals surface area contributed by atoms with Gasteiger partial charge in [0, 0.05) is 30.0 Å². The molecule has 126 valence electrons. The molecule has 0 fully saturated rings. The number of para-hydroxylation sites is 1. The number of anilines is 2. The fraction of sp³-hybridized carbons (Fsp3) is 0.158. The summed E-state index contributed by atoms with van der Waals surface area (Å²) in [7, 11) is 0. The standard InChI is InChI=1S/C19H19N5S/c1-13(2)14-7-9-15(10-8-14)21-19-22-18-16(24-12-4-11-20-24)5-3-6-17(18)25-23-19/h3-13H,1-2H3,(H2,21,22,23). The Morgan fingerprint density at radius 3 is 2.64 bits per heavy atom.